The molecule has 1 aliphatic carbocycles. The van der Waals surface area contributed by atoms with Gasteiger partial charge in [-0.15, -0.1) is 11.3 Å². The van der Waals surface area contributed by atoms with Gasteiger partial charge in [-0.3, -0.25) is 4.79 Å². The van der Waals surface area contributed by atoms with Crippen molar-refractivity contribution in [3.05, 3.63) is 21.4 Å². The number of rotatable bonds is 4. The molecule has 0 aliphatic heterocycles. The van der Waals surface area contributed by atoms with E-state index >= 15 is 0 Å². The van der Waals surface area contributed by atoms with Gasteiger partial charge in [-0.2, -0.15) is 0 Å². The molecule has 0 bridgehead atoms. The van der Waals surface area contributed by atoms with Crippen molar-refractivity contribution in [2.75, 3.05) is 7.05 Å². The quantitative estimate of drug-likeness (QED) is 0.909. The van der Waals surface area contributed by atoms with Crippen molar-refractivity contribution in [1.29, 1.82) is 0 Å². The summed E-state index contributed by atoms with van der Waals surface area (Å²) in [4.78, 5) is 26.6. The van der Waals surface area contributed by atoms with E-state index in [9.17, 15) is 9.59 Å². The van der Waals surface area contributed by atoms with Gasteiger partial charge in [0.2, 0.25) is 0 Å². The molecule has 0 radical (unpaired) electrons. The van der Waals surface area contributed by atoms with Crippen LogP contribution in [0.3, 0.4) is 0 Å². The first kappa shape index (κ1) is 13.1. The number of fused-ring (bicyclic) bond motifs is 1. The van der Waals surface area contributed by atoms with E-state index < -0.39 is 12.0 Å². The minimum absolute atomic E-state index is 0.177. The fourth-order valence-electron chi connectivity index (χ4n) is 2.36. The number of carbonyl (C=O) groups is 2. The normalized spacial score (nSPS) is 15.2. The number of carbonyl (C=O) groups excluding carboxylic acids is 1. The van der Waals surface area contributed by atoms with E-state index in [1.54, 1.807) is 14.0 Å². The van der Waals surface area contributed by atoms with E-state index in [0.29, 0.717) is 11.3 Å². The number of thiophene rings is 1. The molecule has 1 aromatic heterocycles. The van der Waals surface area contributed by atoms with Crippen LogP contribution in [0.4, 0.5) is 0 Å². The van der Waals surface area contributed by atoms with E-state index in [-0.39, 0.29) is 5.91 Å². The zero-order chi connectivity index (χ0) is 13.3. The maximum atomic E-state index is 12.2. The summed E-state index contributed by atoms with van der Waals surface area (Å²) in [7, 11) is 1.56. The number of aryl methyl sites for hydroxylation is 2. The Morgan fingerprint density at radius 1 is 1.50 bits per heavy atom. The fourth-order valence-corrected chi connectivity index (χ4v) is 3.60. The molecular formula is C13H17NO3S. The second kappa shape index (κ2) is 5.10. The van der Waals surface area contributed by atoms with Crippen LogP contribution < -0.4 is 0 Å². The van der Waals surface area contributed by atoms with E-state index in [1.807, 2.05) is 6.07 Å². The Morgan fingerprint density at radius 2 is 2.22 bits per heavy atom. The standard InChI is InChI=1S/C13H17NO3S/c1-3-9(13(16)17)14(2)12(15)11-7-8-5-4-6-10(8)18-11/h7,9H,3-6H2,1-2H3,(H,16,17). The molecule has 0 spiro atoms. The summed E-state index contributed by atoms with van der Waals surface area (Å²) in [6, 6.07) is 1.19. The minimum Gasteiger partial charge on any atom is -0.480 e. The average Bonchev–Trinajstić information content (AvgIpc) is 2.88. The van der Waals surface area contributed by atoms with E-state index in [0.717, 1.165) is 19.3 Å². The molecule has 18 heavy (non-hydrogen) atoms. The lowest BCUT2D eigenvalue weighted by atomic mass is 10.2. The smallest absolute Gasteiger partial charge is 0.326 e. The molecule has 4 nitrogen and oxygen atoms in total. The fraction of sp³-hybridized carbons (Fsp3) is 0.538. The second-order valence-corrected chi connectivity index (χ2v) is 5.73. The largest absolute Gasteiger partial charge is 0.480 e. The van der Waals surface area contributed by atoms with Gasteiger partial charge in [0.15, 0.2) is 0 Å². The first-order valence-electron chi connectivity index (χ1n) is 6.16. The highest BCUT2D eigenvalue weighted by atomic mass is 32.1. The molecule has 1 unspecified atom stereocenters. The lowest BCUT2D eigenvalue weighted by Crippen LogP contribution is -2.41. The van der Waals surface area contributed by atoms with Gasteiger partial charge in [-0.25, -0.2) is 4.79 Å². The first-order chi connectivity index (χ1) is 8.54. The molecule has 1 aromatic rings. The molecule has 1 amide bonds. The predicted molar refractivity (Wildman–Crippen MR) is 70.2 cm³/mol. The Hall–Kier alpha value is -1.36. The average molecular weight is 267 g/mol. The van der Waals surface area contributed by atoms with Gasteiger partial charge in [0.25, 0.3) is 5.91 Å². The van der Waals surface area contributed by atoms with E-state index in [4.69, 9.17) is 5.11 Å². The van der Waals surface area contributed by atoms with Crippen LogP contribution >= 0.6 is 11.3 Å². The van der Waals surface area contributed by atoms with Crippen molar-refractivity contribution in [3.63, 3.8) is 0 Å². The van der Waals surface area contributed by atoms with Crippen molar-refractivity contribution in [1.82, 2.24) is 4.90 Å². The van der Waals surface area contributed by atoms with Crippen LogP contribution in [0.25, 0.3) is 0 Å². The van der Waals surface area contributed by atoms with Crippen LogP contribution in [0, 0.1) is 0 Å². The summed E-state index contributed by atoms with van der Waals surface area (Å²) < 4.78 is 0. The van der Waals surface area contributed by atoms with E-state index in [1.165, 1.54) is 26.7 Å². The highest BCUT2D eigenvalue weighted by Crippen LogP contribution is 2.31. The number of carboxylic acid groups (broad SMARTS) is 1. The molecule has 5 heteroatoms. The summed E-state index contributed by atoms with van der Waals surface area (Å²) in [6.45, 7) is 1.77. The van der Waals surface area contributed by atoms with Crippen molar-refractivity contribution in [2.24, 2.45) is 0 Å². The topological polar surface area (TPSA) is 57.6 Å². The zero-order valence-electron chi connectivity index (χ0n) is 10.6. The molecule has 1 heterocycles. The maximum absolute atomic E-state index is 12.2. The van der Waals surface area contributed by atoms with Gasteiger partial charge in [-0.05, 0) is 37.3 Å². The third kappa shape index (κ3) is 2.27. The minimum atomic E-state index is -0.947. The van der Waals surface area contributed by atoms with Crippen LogP contribution in [0.15, 0.2) is 6.07 Å². The number of aliphatic carboxylic acids is 1. The van der Waals surface area contributed by atoms with Crippen molar-refractivity contribution in [2.45, 2.75) is 38.6 Å². The maximum Gasteiger partial charge on any atom is 0.326 e. The first-order valence-corrected chi connectivity index (χ1v) is 6.97. The van der Waals surface area contributed by atoms with Gasteiger partial charge in [-0.1, -0.05) is 6.92 Å². The monoisotopic (exact) mass is 267 g/mol. The molecule has 98 valence electrons. The molecule has 2 rings (SSSR count). The number of nitrogens with zero attached hydrogens (tertiary/aromatic N) is 1. The van der Waals surface area contributed by atoms with Crippen LogP contribution in [0.5, 0.6) is 0 Å². The highest BCUT2D eigenvalue weighted by molar-refractivity contribution is 7.14. The molecule has 0 aromatic carbocycles. The SMILES string of the molecule is CCC(C(=O)O)N(C)C(=O)c1cc2c(s1)CCC2. The lowest BCUT2D eigenvalue weighted by molar-refractivity contribution is -0.142. The van der Waals surface area contributed by atoms with Crippen LogP contribution in [0.1, 0.15) is 39.9 Å². The van der Waals surface area contributed by atoms with Gasteiger partial charge < -0.3 is 10.0 Å². The number of carboxylic acids is 1. The molecule has 1 N–H and O–H groups in total. The highest BCUT2D eigenvalue weighted by Gasteiger charge is 2.27. The summed E-state index contributed by atoms with van der Waals surface area (Å²) in [5.41, 5.74) is 1.26. The van der Waals surface area contributed by atoms with Crippen molar-refractivity contribution < 1.29 is 14.7 Å². The number of hydrogen-bond donors (Lipinski definition) is 1. The Kier molecular flexibility index (Phi) is 3.71. The summed E-state index contributed by atoms with van der Waals surface area (Å²) in [5, 5.41) is 9.07. The Morgan fingerprint density at radius 3 is 2.78 bits per heavy atom. The van der Waals surface area contributed by atoms with E-state index in [2.05, 4.69) is 0 Å². The molecule has 0 fully saturated rings. The Labute approximate surface area is 110 Å². The molecule has 0 saturated carbocycles. The zero-order valence-corrected chi connectivity index (χ0v) is 11.4. The Balaban J connectivity index is 2.17. The van der Waals surface area contributed by atoms with Crippen molar-refractivity contribution >= 4 is 23.2 Å². The summed E-state index contributed by atoms with van der Waals surface area (Å²) >= 11 is 1.51. The predicted octanol–water partition coefficient (Wildman–Crippen LogP) is 2.17. The number of hydrogen-bond acceptors (Lipinski definition) is 3. The Bertz CT molecular complexity index is 459. The molecule has 0 saturated heterocycles. The van der Waals surface area contributed by atoms with Gasteiger partial charge in [0.1, 0.15) is 6.04 Å². The summed E-state index contributed by atoms with van der Waals surface area (Å²) in [6.07, 6.45) is 3.67. The molecule has 1 aliphatic rings. The summed E-state index contributed by atoms with van der Waals surface area (Å²) in [5.74, 6) is -1.12. The van der Waals surface area contributed by atoms with Gasteiger partial charge >= 0.3 is 5.97 Å². The van der Waals surface area contributed by atoms with Crippen molar-refractivity contribution in [3.8, 4) is 0 Å². The third-order valence-corrected chi connectivity index (χ3v) is 4.64. The number of amides is 1. The second-order valence-electron chi connectivity index (χ2n) is 4.59. The number of likely N-dealkylation sites (N-methyl/N-ethyl adjacent to an activating group) is 1. The molecular weight excluding hydrogens is 250 g/mol. The van der Waals surface area contributed by atoms with Crippen LogP contribution in [-0.4, -0.2) is 35.0 Å². The van der Waals surface area contributed by atoms with Gasteiger partial charge in [0, 0.05) is 11.9 Å². The third-order valence-electron chi connectivity index (χ3n) is 3.42. The van der Waals surface area contributed by atoms with Gasteiger partial charge in [0.05, 0.1) is 4.88 Å². The molecule has 1 atom stereocenters. The van der Waals surface area contributed by atoms with Crippen LogP contribution in [0.2, 0.25) is 0 Å². The van der Waals surface area contributed by atoms with Crippen LogP contribution in [-0.2, 0) is 17.6 Å². The lowest BCUT2D eigenvalue weighted by Gasteiger charge is -2.23.